The number of nitrogens with two attached hydrogens (primary N) is 1. The van der Waals surface area contributed by atoms with Gasteiger partial charge in [-0.25, -0.2) is 16.1 Å². The zero-order valence-corrected chi connectivity index (χ0v) is 28.4. The van der Waals surface area contributed by atoms with Crippen LogP contribution in [-0.4, -0.2) is 91.0 Å². The topological polar surface area (TPSA) is 106 Å². The average molecular weight is 769 g/mol. The molecule has 2 aromatic heterocycles. The Morgan fingerprint density at radius 1 is 1.24 bits per heavy atom. The summed E-state index contributed by atoms with van der Waals surface area (Å²) in [6.45, 7) is 10.3. The van der Waals surface area contributed by atoms with E-state index in [1.54, 1.807) is 18.8 Å². The van der Waals surface area contributed by atoms with Gasteiger partial charge in [0.1, 0.15) is 17.9 Å². The molecular formula is C31H33ClF3IN8O2. The lowest BCUT2D eigenvalue weighted by Gasteiger charge is -2.44. The number of anilines is 2. The molecular weight excluding hydrogens is 736 g/mol. The van der Waals surface area contributed by atoms with Gasteiger partial charge in [0, 0.05) is 61.2 Å². The summed E-state index contributed by atoms with van der Waals surface area (Å²) in [7, 11) is 0. The number of carbonyl (C=O) groups is 1. The van der Waals surface area contributed by atoms with Crippen LogP contribution in [0.2, 0.25) is 5.02 Å². The number of likely N-dealkylation sites (tertiary alicyclic amines) is 1. The van der Waals surface area contributed by atoms with Crippen LogP contribution in [0.15, 0.2) is 30.9 Å². The summed E-state index contributed by atoms with van der Waals surface area (Å²) in [4.78, 5) is 27.0. The molecule has 0 aliphatic carbocycles. The van der Waals surface area contributed by atoms with Crippen LogP contribution >= 0.6 is 34.5 Å². The van der Waals surface area contributed by atoms with Crippen molar-refractivity contribution in [2.45, 2.75) is 45.2 Å². The molecule has 0 radical (unpaired) electrons. The van der Waals surface area contributed by atoms with Gasteiger partial charge in [0.2, 0.25) is 5.91 Å². The normalized spacial score (nSPS) is 20.2. The quantitative estimate of drug-likeness (QED) is 0.184. The van der Waals surface area contributed by atoms with Gasteiger partial charge in [-0.05, 0) is 44.5 Å². The maximum absolute atomic E-state index is 17.0. The van der Waals surface area contributed by atoms with Crippen LogP contribution < -0.4 is 15.4 Å². The number of benzene rings is 2. The molecule has 2 atom stereocenters. The van der Waals surface area contributed by atoms with Crippen LogP contribution in [0.4, 0.5) is 24.8 Å². The molecule has 244 valence electrons. The fourth-order valence-corrected chi connectivity index (χ4v) is 7.33. The van der Waals surface area contributed by atoms with E-state index in [-0.39, 0.29) is 78.6 Å². The highest BCUT2D eigenvalue weighted by Gasteiger charge is 2.38. The smallest absolute Gasteiger partial charge is 0.319 e. The number of hydrogen-bond donors (Lipinski definition) is 1. The number of hydrogen-bond acceptors (Lipinski definition) is 8. The summed E-state index contributed by atoms with van der Waals surface area (Å²) in [5.74, 6) is -2.98. The molecule has 2 aliphatic rings. The van der Waals surface area contributed by atoms with Gasteiger partial charge in [0.05, 0.1) is 45.3 Å². The molecule has 2 aliphatic heterocycles. The monoisotopic (exact) mass is 768 g/mol. The first-order valence-electron chi connectivity index (χ1n) is 14.9. The number of carbonyl (C=O) groups excluding carboxylic acids is 1. The van der Waals surface area contributed by atoms with Crippen molar-refractivity contribution in [3.05, 3.63) is 47.3 Å². The van der Waals surface area contributed by atoms with Crippen molar-refractivity contribution in [3.63, 3.8) is 0 Å². The second-order valence-electron chi connectivity index (χ2n) is 11.9. The van der Waals surface area contributed by atoms with E-state index in [1.165, 1.54) is 6.08 Å². The SMILES string of the molecule is C=CC(=O)N1C[C@H](C)N(c2nc(OCCN3CCC(F)(F)C3)nc3c(F)c(-c4c(C)ccc5c4c(N)nn5I)c(Cl)cc23)C[C@H]1C. The van der Waals surface area contributed by atoms with E-state index in [0.717, 1.165) is 5.56 Å². The minimum Gasteiger partial charge on any atom is -0.462 e. The van der Waals surface area contributed by atoms with Crippen molar-refractivity contribution in [2.24, 2.45) is 0 Å². The van der Waals surface area contributed by atoms with Crippen LogP contribution in [0.1, 0.15) is 25.8 Å². The predicted molar refractivity (Wildman–Crippen MR) is 181 cm³/mol. The summed E-state index contributed by atoms with van der Waals surface area (Å²) in [6, 6.07) is 4.83. The molecule has 2 N–H and O–H groups in total. The molecule has 0 saturated carbocycles. The Hall–Kier alpha value is -3.37. The molecule has 0 unspecified atom stereocenters. The van der Waals surface area contributed by atoms with E-state index in [4.69, 9.17) is 27.1 Å². The predicted octanol–water partition coefficient (Wildman–Crippen LogP) is 5.86. The number of halogens is 5. The molecule has 2 fully saturated rings. The third-order valence-corrected chi connectivity index (χ3v) is 9.77. The summed E-state index contributed by atoms with van der Waals surface area (Å²) in [6.07, 6.45) is 1.08. The number of rotatable bonds is 7. The van der Waals surface area contributed by atoms with Crippen LogP contribution in [-0.2, 0) is 4.79 Å². The molecule has 4 aromatic rings. The Morgan fingerprint density at radius 2 is 2.00 bits per heavy atom. The third kappa shape index (κ3) is 5.83. The van der Waals surface area contributed by atoms with E-state index in [1.807, 2.05) is 60.7 Å². The Kier molecular flexibility index (Phi) is 8.74. The van der Waals surface area contributed by atoms with Gasteiger partial charge in [-0.1, -0.05) is 24.2 Å². The summed E-state index contributed by atoms with van der Waals surface area (Å²) < 4.78 is 52.0. The van der Waals surface area contributed by atoms with Gasteiger partial charge >= 0.3 is 6.01 Å². The van der Waals surface area contributed by atoms with Gasteiger partial charge < -0.3 is 20.3 Å². The molecule has 0 bridgehead atoms. The lowest BCUT2D eigenvalue weighted by molar-refractivity contribution is -0.128. The number of fused-ring (bicyclic) bond motifs is 2. The molecule has 10 nitrogen and oxygen atoms in total. The molecule has 0 spiro atoms. The van der Waals surface area contributed by atoms with Gasteiger partial charge in [-0.15, -0.1) is 5.10 Å². The fraction of sp³-hybridized carbons (Fsp3) is 0.419. The molecule has 46 heavy (non-hydrogen) atoms. The van der Waals surface area contributed by atoms with E-state index in [9.17, 15) is 13.6 Å². The third-order valence-electron chi connectivity index (χ3n) is 8.74. The van der Waals surface area contributed by atoms with Crippen LogP contribution in [0.3, 0.4) is 0 Å². The van der Waals surface area contributed by atoms with Crippen LogP contribution in [0, 0.1) is 12.7 Å². The first-order chi connectivity index (χ1) is 21.8. The number of ether oxygens (including phenoxy) is 1. The van der Waals surface area contributed by atoms with Crippen molar-refractivity contribution in [2.75, 3.05) is 50.0 Å². The zero-order valence-electron chi connectivity index (χ0n) is 25.5. The molecule has 6 rings (SSSR count). The minimum absolute atomic E-state index is 0.0200. The molecule has 2 aromatic carbocycles. The van der Waals surface area contributed by atoms with E-state index < -0.39 is 11.7 Å². The van der Waals surface area contributed by atoms with Gasteiger partial charge in [-0.2, -0.15) is 9.97 Å². The van der Waals surface area contributed by atoms with Gasteiger partial charge in [0.25, 0.3) is 5.92 Å². The lowest BCUT2D eigenvalue weighted by Crippen LogP contribution is -2.58. The van der Waals surface area contributed by atoms with Crippen LogP contribution in [0.5, 0.6) is 6.01 Å². The maximum Gasteiger partial charge on any atom is 0.319 e. The standard InChI is InChI=1S/C31H33ClF3IN8O2/c1-5-22(45)42-13-18(4)43(14-17(42)3)29-19-12-20(32)24(23-16(2)6-7-21-25(23)28(37)40-44(21)36)26(33)27(19)38-30(39-29)46-11-10-41-9-8-31(34,35)15-41/h5-7,12,17-18H,1,8-11,13-15H2,2-4H3,(H2,37,40)/t17-,18+/m1/s1. The second-order valence-corrected chi connectivity index (χ2v) is 13.3. The number of amides is 1. The molecule has 2 saturated heterocycles. The van der Waals surface area contributed by atoms with E-state index in [0.29, 0.717) is 40.8 Å². The Morgan fingerprint density at radius 3 is 2.70 bits per heavy atom. The minimum atomic E-state index is -2.73. The number of nitrogen functional groups attached to an aromatic ring is 1. The first kappa shape index (κ1) is 32.6. The Labute approximate surface area is 282 Å². The second kappa shape index (κ2) is 12.3. The highest BCUT2D eigenvalue weighted by atomic mass is 127. The average Bonchev–Trinajstić information content (AvgIpc) is 3.50. The van der Waals surface area contributed by atoms with Crippen molar-refractivity contribution in [1.29, 1.82) is 0 Å². The highest BCUT2D eigenvalue weighted by Crippen LogP contribution is 2.44. The van der Waals surface area contributed by atoms with Crippen molar-refractivity contribution >= 4 is 73.8 Å². The van der Waals surface area contributed by atoms with Crippen molar-refractivity contribution in [1.82, 2.24) is 27.8 Å². The number of aromatic nitrogens is 4. The summed E-state index contributed by atoms with van der Waals surface area (Å²) >= 11 is 8.92. The fourth-order valence-electron chi connectivity index (χ4n) is 6.41. The largest absolute Gasteiger partial charge is 0.462 e. The number of alkyl halides is 2. The van der Waals surface area contributed by atoms with Gasteiger partial charge in [-0.3, -0.25) is 9.69 Å². The number of piperazine rings is 1. The lowest BCUT2D eigenvalue weighted by atomic mass is 9.94. The zero-order chi connectivity index (χ0) is 33.1. The number of aryl methyl sites for hydroxylation is 1. The van der Waals surface area contributed by atoms with Crippen molar-refractivity contribution in [3.8, 4) is 17.1 Å². The van der Waals surface area contributed by atoms with E-state index in [2.05, 4.69) is 16.7 Å². The summed E-state index contributed by atoms with van der Waals surface area (Å²) in [5.41, 5.74) is 8.33. The molecule has 4 heterocycles. The van der Waals surface area contributed by atoms with E-state index >= 15 is 4.39 Å². The summed E-state index contributed by atoms with van der Waals surface area (Å²) in [5, 5.41) is 5.38. The van der Waals surface area contributed by atoms with Gasteiger partial charge in [0.15, 0.2) is 11.6 Å². The molecule has 15 heteroatoms. The first-order valence-corrected chi connectivity index (χ1v) is 16.2. The van der Waals surface area contributed by atoms with Crippen LogP contribution in [0.25, 0.3) is 32.9 Å². The molecule has 1 amide bonds. The maximum atomic E-state index is 17.0. The Balaban J connectivity index is 1.47. The van der Waals surface area contributed by atoms with Crippen molar-refractivity contribution < 1.29 is 22.7 Å². The Bertz CT molecular complexity index is 1870. The highest BCUT2D eigenvalue weighted by molar-refractivity contribution is 14.1. The number of nitrogens with zero attached hydrogens (tertiary/aromatic N) is 7.